The molecule has 0 aliphatic carbocycles. The summed E-state index contributed by atoms with van der Waals surface area (Å²) < 4.78 is 0. The Morgan fingerprint density at radius 2 is 1.90 bits per heavy atom. The number of nitrogens with zero attached hydrogens (tertiary/aromatic N) is 3. The molecule has 0 unspecified atom stereocenters. The third-order valence-corrected chi connectivity index (χ3v) is 4.72. The van der Waals surface area contributed by atoms with Crippen molar-refractivity contribution >= 4 is 47.2 Å². The average Bonchev–Trinajstić information content (AvgIpc) is 3.16. The minimum Gasteiger partial charge on any atom is -0.357 e. The van der Waals surface area contributed by atoms with Crippen molar-refractivity contribution in [2.75, 3.05) is 18.0 Å². The maximum atomic E-state index is 11.8. The molecular formula is C21H26IN5O3. The Morgan fingerprint density at radius 1 is 1.17 bits per heavy atom. The van der Waals surface area contributed by atoms with E-state index in [2.05, 4.69) is 15.6 Å². The molecule has 1 heterocycles. The Bertz CT molecular complexity index is 902. The Balaban J connectivity index is 0.00000320. The Hall–Kier alpha value is -2.69. The highest BCUT2D eigenvalue weighted by Crippen LogP contribution is 2.22. The van der Waals surface area contributed by atoms with Gasteiger partial charge in [-0.25, -0.2) is 4.99 Å². The van der Waals surface area contributed by atoms with E-state index in [-0.39, 0.29) is 40.5 Å². The molecule has 2 aromatic rings. The standard InChI is InChI=1S/C21H25N5O3.HI/c1-2-22-21(24-15-17-6-3-4-7-19(17)26(28)29)23-14-16-9-11-18(12-10-16)25-13-5-8-20(25)27;/h3-4,6-7,9-12H,2,5,8,13-15H2,1H3,(H2,22,23,24);1H. The third-order valence-electron chi connectivity index (χ3n) is 4.72. The van der Waals surface area contributed by atoms with Crippen LogP contribution in [0.15, 0.2) is 53.5 Å². The van der Waals surface area contributed by atoms with E-state index in [1.165, 1.54) is 6.07 Å². The van der Waals surface area contributed by atoms with Crippen LogP contribution in [-0.2, 0) is 17.9 Å². The molecule has 1 fully saturated rings. The van der Waals surface area contributed by atoms with Gasteiger partial charge in [-0.1, -0.05) is 30.3 Å². The van der Waals surface area contributed by atoms with Crippen LogP contribution in [-0.4, -0.2) is 29.9 Å². The normalized spacial score (nSPS) is 13.7. The number of nitrogens with one attached hydrogen (secondary N) is 2. The molecule has 160 valence electrons. The number of carbonyl (C=O) groups excluding carboxylic acids is 1. The molecule has 8 nitrogen and oxygen atoms in total. The first-order valence-corrected chi connectivity index (χ1v) is 9.72. The lowest BCUT2D eigenvalue weighted by Gasteiger charge is -2.16. The Morgan fingerprint density at radius 3 is 2.53 bits per heavy atom. The number of guanidine groups is 1. The first kappa shape index (κ1) is 23.6. The summed E-state index contributed by atoms with van der Waals surface area (Å²) in [6, 6.07) is 14.5. The summed E-state index contributed by atoms with van der Waals surface area (Å²) in [7, 11) is 0. The second-order valence-corrected chi connectivity index (χ2v) is 6.75. The fraction of sp³-hybridized carbons (Fsp3) is 0.333. The molecule has 30 heavy (non-hydrogen) atoms. The number of nitro groups is 1. The van der Waals surface area contributed by atoms with Crippen molar-refractivity contribution < 1.29 is 9.72 Å². The maximum absolute atomic E-state index is 11.8. The van der Waals surface area contributed by atoms with Gasteiger partial charge in [0.25, 0.3) is 5.69 Å². The molecule has 0 atom stereocenters. The number of amides is 1. The summed E-state index contributed by atoms with van der Waals surface area (Å²) >= 11 is 0. The summed E-state index contributed by atoms with van der Waals surface area (Å²) in [5.74, 6) is 0.758. The molecule has 3 rings (SSSR count). The van der Waals surface area contributed by atoms with E-state index in [1.807, 2.05) is 36.1 Å². The van der Waals surface area contributed by atoms with Gasteiger partial charge in [-0.2, -0.15) is 0 Å². The number of nitro benzene ring substituents is 1. The fourth-order valence-corrected chi connectivity index (χ4v) is 3.23. The summed E-state index contributed by atoms with van der Waals surface area (Å²) in [4.78, 5) is 29.0. The van der Waals surface area contributed by atoms with Gasteiger partial charge in [-0.15, -0.1) is 24.0 Å². The molecule has 1 aliphatic rings. The number of benzene rings is 2. The van der Waals surface area contributed by atoms with E-state index < -0.39 is 0 Å². The first-order chi connectivity index (χ1) is 14.1. The largest absolute Gasteiger partial charge is 0.357 e. The van der Waals surface area contributed by atoms with Crippen LogP contribution in [0.1, 0.15) is 30.9 Å². The monoisotopic (exact) mass is 523 g/mol. The average molecular weight is 523 g/mol. The maximum Gasteiger partial charge on any atom is 0.274 e. The van der Waals surface area contributed by atoms with Crippen molar-refractivity contribution in [2.24, 2.45) is 4.99 Å². The summed E-state index contributed by atoms with van der Waals surface area (Å²) in [6.45, 7) is 4.18. The second kappa shape index (κ2) is 11.5. The molecule has 1 saturated heterocycles. The second-order valence-electron chi connectivity index (χ2n) is 6.75. The zero-order valence-electron chi connectivity index (χ0n) is 16.8. The lowest BCUT2D eigenvalue weighted by Crippen LogP contribution is -2.36. The predicted molar refractivity (Wildman–Crippen MR) is 128 cm³/mol. The SMILES string of the molecule is CCNC(=NCc1ccc(N2CCCC2=O)cc1)NCc1ccccc1[N+](=O)[O-].I. The third kappa shape index (κ3) is 6.15. The quantitative estimate of drug-likeness (QED) is 0.190. The predicted octanol–water partition coefficient (Wildman–Crippen LogP) is 3.59. The van der Waals surface area contributed by atoms with Gasteiger partial charge in [-0.05, 0) is 31.0 Å². The molecule has 0 aromatic heterocycles. The molecule has 2 N–H and O–H groups in total. The number of rotatable bonds is 7. The van der Waals surface area contributed by atoms with E-state index >= 15 is 0 Å². The highest BCUT2D eigenvalue weighted by atomic mass is 127. The first-order valence-electron chi connectivity index (χ1n) is 9.72. The van der Waals surface area contributed by atoms with Crippen LogP contribution in [0.2, 0.25) is 0 Å². The minimum atomic E-state index is -0.381. The molecular weight excluding hydrogens is 497 g/mol. The number of halogens is 1. The van der Waals surface area contributed by atoms with Crippen molar-refractivity contribution in [3.05, 3.63) is 69.8 Å². The lowest BCUT2D eigenvalue weighted by molar-refractivity contribution is -0.385. The minimum absolute atomic E-state index is 0. The summed E-state index contributed by atoms with van der Waals surface area (Å²) in [5, 5.41) is 17.4. The molecule has 1 aliphatic heterocycles. The molecule has 0 saturated carbocycles. The summed E-state index contributed by atoms with van der Waals surface area (Å²) in [5.41, 5.74) is 2.62. The Kier molecular flexibility index (Phi) is 9.03. The van der Waals surface area contributed by atoms with Crippen LogP contribution in [0.25, 0.3) is 0 Å². The van der Waals surface area contributed by atoms with Gasteiger partial charge in [-0.3, -0.25) is 14.9 Å². The van der Waals surface area contributed by atoms with Crippen molar-refractivity contribution in [3.63, 3.8) is 0 Å². The molecule has 0 radical (unpaired) electrons. The van der Waals surface area contributed by atoms with Crippen LogP contribution >= 0.6 is 24.0 Å². The van der Waals surface area contributed by atoms with Gasteiger partial charge in [0.2, 0.25) is 5.91 Å². The number of hydrogen-bond acceptors (Lipinski definition) is 4. The van der Waals surface area contributed by atoms with Crippen LogP contribution in [0, 0.1) is 10.1 Å². The summed E-state index contributed by atoms with van der Waals surface area (Å²) in [6.07, 6.45) is 1.52. The van der Waals surface area contributed by atoms with Crippen LogP contribution in [0.3, 0.4) is 0 Å². The number of aliphatic imine (C=N–C) groups is 1. The lowest BCUT2D eigenvalue weighted by atomic mass is 10.2. The highest BCUT2D eigenvalue weighted by Gasteiger charge is 2.21. The smallest absolute Gasteiger partial charge is 0.274 e. The van der Waals surface area contributed by atoms with E-state index in [1.54, 1.807) is 18.2 Å². The van der Waals surface area contributed by atoms with Crippen molar-refractivity contribution in [3.8, 4) is 0 Å². The molecule has 9 heteroatoms. The number of hydrogen-bond donors (Lipinski definition) is 2. The highest BCUT2D eigenvalue weighted by molar-refractivity contribution is 14.0. The van der Waals surface area contributed by atoms with E-state index in [4.69, 9.17) is 0 Å². The molecule has 0 spiro atoms. The van der Waals surface area contributed by atoms with Gasteiger partial charge in [0, 0.05) is 43.4 Å². The van der Waals surface area contributed by atoms with E-state index in [0.717, 1.165) is 24.2 Å². The van der Waals surface area contributed by atoms with Gasteiger partial charge in [0.15, 0.2) is 5.96 Å². The molecule has 0 bridgehead atoms. The number of anilines is 1. The van der Waals surface area contributed by atoms with Gasteiger partial charge < -0.3 is 15.5 Å². The zero-order chi connectivity index (χ0) is 20.6. The van der Waals surface area contributed by atoms with E-state index in [9.17, 15) is 14.9 Å². The van der Waals surface area contributed by atoms with Crippen LogP contribution in [0.5, 0.6) is 0 Å². The van der Waals surface area contributed by atoms with Gasteiger partial charge >= 0.3 is 0 Å². The molecule has 1 amide bonds. The molecule has 2 aromatic carbocycles. The van der Waals surface area contributed by atoms with Crippen molar-refractivity contribution in [1.82, 2.24) is 10.6 Å². The fourth-order valence-electron chi connectivity index (χ4n) is 3.23. The number of carbonyl (C=O) groups is 1. The topological polar surface area (TPSA) is 99.9 Å². The van der Waals surface area contributed by atoms with Crippen LogP contribution in [0.4, 0.5) is 11.4 Å². The Labute approximate surface area is 192 Å². The van der Waals surface area contributed by atoms with E-state index in [0.29, 0.717) is 37.6 Å². The van der Waals surface area contributed by atoms with Crippen molar-refractivity contribution in [1.29, 1.82) is 0 Å². The van der Waals surface area contributed by atoms with Crippen LogP contribution < -0.4 is 15.5 Å². The number of para-hydroxylation sites is 1. The van der Waals surface area contributed by atoms with Gasteiger partial charge in [0.05, 0.1) is 11.5 Å². The zero-order valence-corrected chi connectivity index (χ0v) is 19.2. The van der Waals surface area contributed by atoms with Gasteiger partial charge in [0.1, 0.15) is 0 Å². The van der Waals surface area contributed by atoms with Crippen molar-refractivity contribution in [2.45, 2.75) is 32.9 Å².